The molecular formula is C12H17FO3. The zero-order valence-corrected chi connectivity index (χ0v) is 9.32. The molecule has 2 N–H and O–H groups in total. The van der Waals surface area contributed by atoms with Gasteiger partial charge in [-0.25, -0.2) is 4.39 Å². The van der Waals surface area contributed by atoms with Gasteiger partial charge in [0, 0.05) is 0 Å². The summed E-state index contributed by atoms with van der Waals surface area (Å²) in [7, 11) is 0. The Bertz CT molecular complexity index is 328. The molecule has 16 heavy (non-hydrogen) atoms. The minimum absolute atomic E-state index is 0.278. The average Bonchev–Trinajstić information content (AvgIpc) is 2.29. The summed E-state index contributed by atoms with van der Waals surface area (Å²) in [5, 5.41) is 17.9. The second-order valence-corrected chi connectivity index (χ2v) is 3.56. The third kappa shape index (κ3) is 3.79. The van der Waals surface area contributed by atoms with Crippen molar-refractivity contribution in [1.82, 2.24) is 0 Å². The number of rotatable bonds is 6. The highest BCUT2D eigenvalue weighted by Gasteiger charge is 2.08. The van der Waals surface area contributed by atoms with Gasteiger partial charge in [-0.1, -0.05) is 0 Å². The van der Waals surface area contributed by atoms with Crippen LogP contribution in [0.2, 0.25) is 0 Å². The van der Waals surface area contributed by atoms with Gasteiger partial charge in [-0.2, -0.15) is 0 Å². The van der Waals surface area contributed by atoms with E-state index in [9.17, 15) is 9.50 Å². The molecule has 0 aliphatic carbocycles. The van der Waals surface area contributed by atoms with E-state index in [1.165, 1.54) is 12.1 Å². The van der Waals surface area contributed by atoms with E-state index in [2.05, 4.69) is 0 Å². The van der Waals surface area contributed by atoms with E-state index < -0.39 is 6.10 Å². The zero-order valence-electron chi connectivity index (χ0n) is 9.32. The molecule has 0 radical (unpaired) electrons. The van der Waals surface area contributed by atoms with Crippen molar-refractivity contribution < 1.29 is 19.3 Å². The highest BCUT2D eigenvalue weighted by molar-refractivity contribution is 5.34. The summed E-state index contributed by atoms with van der Waals surface area (Å²) in [4.78, 5) is 0. The molecule has 0 heterocycles. The summed E-state index contributed by atoms with van der Waals surface area (Å²) in [5.41, 5.74) is 0.717. The van der Waals surface area contributed by atoms with Gasteiger partial charge in [0.25, 0.3) is 0 Å². The van der Waals surface area contributed by atoms with E-state index in [-0.39, 0.29) is 12.4 Å². The molecule has 1 rings (SSSR count). The first-order valence-corrected chi connectivity index (χ1v) is 5.37. The molecule has 0 amide bonds. The number of halogens is 1. The highest BCUT2D eigenvalue weighted by Crippen LogP contribution is 2.21. The Morgan fingerprint density at radius 3 is 2.81 bits per heavy atom. The molecule has 0 aliphatic heterocycles. The van der Waals surface area contributed by atoms with Crippen LogP contribution in [-0.2, 0) is 6.42 Å². The molecule has 1 aromatic rings. The fourth-order valence-electron chi connectivity index (χ4n) is 1.45. The van der Waals surface area contributed by atoms with Crippen molar-refractivity contribution in [3.63, 3.8) is 0 Å². The Balaban J connectivity index is 2.71. The van der Waals surface area contributed by atoms with Gasteiger partial charge in [0.05, 0.1) is 19.3 Å². The number of benzene rings is 1. The Labute approximate surface area is 94.5 Å². The van der Waals surface area contributed by atoms with Crippen LogP contribution < -0.4 is 4.74 Å². The average molecular weight is 228 g/mol. The molecule has 0 saturated carbocycles. The lowest BCUT2D eigenvalue weighted by molar-refractivity contribution is 0.0884. The number of aryl methyl sites for hydroxylation is 1. The SMILES string of the molecule is CCOc1ccc(F)cc1CCC(O)CO. The van der Waals surface area contributed by atoms with Crippen LogP contribution in [0.5, 0.6) is 5.75 Å². The summed E-state index contributed by atoms with van der Waals surface area (Å²) < 4.78 is 18.4. The maximum atomic E-state index is 13.0. The summed E-state index contributed by atoms with van der Waals surface area (Å²) in [6.45, 7) is 2.09. The molecule has 1 atom stereocenters. The summed E-state index contributed by atoms with van der Waals surface area (Å²) in [6, 6.07) is 4.32. The van der Waals surface area contributed by atoms with Gasteiger partial charge in [-0.15, -0.1) is 0 Å². The molecule has 0 aromatic heterocycles. The molecule has 0 spiro atoms. The molecule has 90 valence electrons. The van der Waals surface area contributed by atoms with Crippen LogP contribution >= 0.6 is 0 Å². The van der Waals surface area contributed by atoms with Gasteiger partial charge in [-0.3, -0.25) is 0 Å². The second-order valence-electron chi connectivity index (χ2n) is 3.56. The molecule has 1 aromatic carbocycles. The van der Waals surface area contributed by atoms with E-state index in [0.717, 1.165) is 0 Å². The normalized spacial score (nSPS) is 12.5. The standard InChI is InChI=1S/C12H17FO3/c1-2-16-12-6-4-10(13)7-9(12)3-5-11(15)8-14/h4,6-7,11,14-15H,2-3,5,8H2,1H3. The van der Waals surface area contributed by atoms with E-state index in [0.29, 0.717) is 30.8 Å². The summed E-state index contributed by atoms with van der Waals surface area (Å²) in [5.74, 6) is 0.311. The lowest BCUT2D eigenvalue weighted by Gasteiger charge is -2.11. The first-order chi connectivity index (χ1) is 7.67. The molecule has 4 heteroatoms. The number of ether oxygens (including phenoxy) is 1. The van der Waals surface area contributed by atoms with Crippen LogP contribution in [0.25, 0.3) is 0 Å². The highest BCUT2D eigenvalue weighted by atomic mass is 19.1. The fraction of sp³-hybridized carbons (Fsp3) is 0.500. The van der Waals surface area contributed by atoms with Crippen LogP contribution in [0, 0.1) is 5.82 Å². The number of hydrogen-bond donors (Lipinski definition) is 2. The van der Waals surface area contributed by atoms with Gasteiger partial charge in [0.2, 0.25) is 0 Å². The predicted octanol–water partition coefficient (Wildman–Crippen LogP) is 1.51. The molecule has 0 aliphatic rings. The monoisotopic (exact) mass is 228 g/mol. The maximum Gasteiger partial charge on any atom is 0.123 e. The van der Waals surface area contributed by atoms with Crippen molar-refractivity contribution in [3.05, 3.63) is 29.6 Å². The van der Waals surface area contributed by atoms with Gasteiger partial charge < -0.3 is 14.9 Å². The Morgan fingerprint density at radius 1 is 1.44 bits per heavy atom. The Hall–Kier alpha value is -1.13. The van der Waals surface area contributed by atoms with Crippen molar-refractivity contribution in [2.75, 3.05) is 13.2 Å². The van der Waals surface area contributed by atoms with E-state index in [1.54, 1.807) is 6.07 Å². The van der Waals surface area contributed by atoms with Crippen molar-refractivity contribution in [2.24, 2.45) is 0 Å². The largest absolute Gasteiger partial charge is 0.494 e. The predicted molar refractivity (Wildman–Crippen MR) is 59.0 cm³/mol. The van der Waals surface area contributed by atoms with Crippen molar-refractivity contribution >= 4 is 0 Å². The zero-order chi connectivity index (χ0) is 12.0. The first kappa shape index (κ1) is 12.9. The van der Waals surface area contributed by atoms with Crippen LogP contribution in [0.15, 0.2) is 18.2 Å². The first-order valence-electron chi connectivity index (χ1n) is 5.37. The van der Waals surface area contributed by atoms with Crippen LogP contribution in [0.4, 0.5) is 4.39 Å². The lowest BCUT2D eigenvalue weighted by atomic mass is 10.1. The second kappa shape index (κ2) is 6.45. The number of aliphatic hydroxyl groups is 2. The van der Waals surface area contributed by atoms with Gasteiger partial charge >= 0.3 is 0 Å². The number of hydrogen-bond acceptors (Lipinski definition) is 3. The van der Waals surface area contributed by atoms with Gasteiger partial charge in [0.15, 0.2) is 0 Å². The Kier molecular flexibility index (Phi) is 5.22. The quantitative estimate of drug-likeness (QED) is 0.776. The van der Waals surface area contributed by atoms with E-state index >= 15 is 0 Å². The van der Waals surface area contributed by atoms with E-state index in [1.807, 2.05) is 6.92 Å². The topological polar surface area (TPSA) is 49.7 Å². The third-order valence-electron chi connectivity index (χ3n) is 2.28. The molecule has 0 fully saturated rings. The maximum absolute atomic E-state index is 13.0. The minimum atomic E-state index is -0.766. The molecular weight excluding hydrogens is 211 g/mol. The summed E-state index contributed by atoms with van der Waals surface area (Å²) >= 11 is 0. The molecule has 3 nitrogen and oxygen atoms in total. The van der Waals surface area contributed by atoms with Crippen LogP contribution in [0.1, 0.15) is 18.9 Å². The van der Waals surface area contributed by atoms with Crippen LogP contribution in [0.3, 0.4) is 0 Å². The van der Waals surface area contributed by atoms with Gasteiger partial charge in [0.1, 0.15) is 11.6 Å². The third-order valence-corrected chi connectivity index (χ3v) is 2.28. The van der Waals surface area contributed by atoms with E-state index in [4.69, 9.17) is 9.84 Å². The molecule has 0 bridgehead atoms. The van der Waals surface area contributed by atoms with Crippen molar-refractivity contribution in [1.29, 1.82) is 0 Å². The van der Waals surface area contributed by atoms with Gasteiger partial charge in [-0.05, 0) is 43.5 Å². The van der Waals surface area contributed by atoms with Crippen molar-refractivity contribution in [3.8, 4) is 5.75 Å². The Morgan fingerprint density at radius 2 is 2.19 bits per heavy atom. The summed E-state index contributed by atoms with van der Waals surface area (Å²) in [6.07, 6.45) is 0.104. The minimum Gasteiger partial charge on any atom is -0.494 e. The molecule has 1 unspecified atom stereocenters. The smallest absolute Gasteiger partial charge is 0.123 e. The lowest BCUT2D eigenvalue weighted by Crippen LogP contribution is -2.13. The fourth-order valence-corrected chi connectivity index (χ4v) is 1.45. The number of aliphatic hydroxyl groups excluding tert-OH is 2. The van der Waals surface area contributed by atoms with Crippen molar-refractivity contribution in [2.45, 2.75) is 25.9 Å². The van der Waals surface area contributed by atoms with Crippen LogP contribution in [-0.4, -0.2) is 29.5 Å². The molecule has 0 saturated heterocycles.